The number of nitro groups is 1. The van der Waals surface area contributed by atoms with Crippen LogP contribution in [-0.4, -0.2) is 9.91 Å². The molecule has 1 unspecified atom stereocenters. The SMILES string of the molecule is Cc1ccc([N+](=O)[O-])c(NC(C)c2cscn2)c1. The van der Waals surface area contributed by atoms with Crippen LogP contribution < -0.4 is 5.32 Å². The molecule has 1 aromatic heterocycles. The predicted octanol–water partition coefficient (Wildman–Crippen LogP) is 3.53. The Kier molecular flexibility index (Phi) is 3.57. The van der Waals surface area contributed by atoms with Gasteiger partial charge in [-0.2, -0.15) is 0 Å². The summed E-state index contributed by atoms with van der Waals surface area (Å²) >= 11 is 1.51. The van der Waals surface area contributed by atoms with Gasteiger partial charge in [-0.15, -0.1) is 11.3 Å². The van der Waals surface area contributed by atoms with Crippen LogP contribution in [0.3, 0.4) is 0 Å². The van der Waals surface area contributed by atoms with E-state index < -0.39 is 0 Å². The summed E-state index contributed by atoms with van der Waals surface area (Å²) in [6, 6.07) is 4.97. The largest absolute Gasteiger partial charge is 0.371 e. The molecule has 0 aliphatic carbocycles. The second-order valence-electron chi connectivity index (χ2n) is 4.06. The first-order valence-corrected chi connectivity index (χ1v) is 6.42. The number of rotatable bonds is 4. The summed E-state index contributed by atoms with van der Waals surface area (Å²) in [5.74, 6) is 0. The van der Waals surface area contributed by atoms with Gasteiger partial charge in [0.25, 0.3) is 5.69 Å². The normalized spacial score (nSPS) is 12.1. The van der Waals surface area contributed by atoms with Crippen molar-refractivity contribution in [1.82, 2.24) is 4.98 Å². The van der Waals surface area contributed by atoms with E-state index in [4.69, 9.17) is 0 Å². The van der Waals surface area contributed by atoms with Crippen molar-refractivity contribution >= 4 is 22.7 Å². The van der Waals surface area contributed by atoms with Crippen LogP contribution >= 0.6 is 11.3 Å². The third kappa shape index (κ3) is 2.65. The van der Waals surface area contributed by atoms with Crippen LogP contribution in [0.15, 0.2) is 29.1 Å². The molecule has 0 radical (unpaired) electrons. The molecule has 5 nitrogen and oxygen atoms in total. The number of hydrogen-bond acceptors (Lipinski definition) is 5. The van der Waals surface area contributed by atoms with Crippen LogP contribution in [0.4, 0.5) is 11.4 Å². The molecule has 0 fully saturated rings. The fraction of sp³-hybridized carbons (Fsp3) is 0.250. The highest BCUT2D eigenvalue weighted by Gasteiger charge is 2.16. The Morgan fingerprint density at radius 2 is 2.28 bits per heavy atom. The van der Waals surface area contributed by atoms with Crippen LogP contribution in [0.2, 0.25) is 0 Å². The summed E-state index contributed by atoms with van der Waals surface area (Å²) in [6.07, 6.45) is 0. The van der Waals surface area contributed by atoms with Crippen molar-refractivity contribution in [2.45, 2.75) is 19.9 Å². The minimum atomic E-state index is -0.379. The standard InChI is InChI=1S/C12H13N3O2S/c1-8-3-4-12(15(16)17)10(5-8)14-9(2)11-6-18-7-13-11/h3-7,9,14H,1-2H3. The van der Waals surface area contributed by atoms with Crippen LogP contribution in [0.25, 0.3) is 0 Å². The number of thiazole rings is 1. The summed E-state index contributed by atoms with van der Waals surface area (Å²) in [4.78, 5) is 14.8. The quantitative estimate of drug-likeness (QED) is 0.676. The zero-order valence-corrected chi connectivity index (χ0v) is 10.9. The molecule has 0 aliphatic rings. The summed E-state index contributed by atoms with van der Waals surface area (Å²) in [5, 5.41) is 16.0. The molecule has 0 amide bonds. The van der Waals surface area contributed by atoms with E-state index in [9.17, 15) is 10.1 Å². The van der Waals surface area contributed by atoms with Gasteiger partial charge >= 0.3 is 0 Å². The number of anilines is 1. The fourth-order valence-electron chi connectivity index (χ4n) is 1.67. The maximum Gasteiger partial charge on any atom is 0.292 e. The molecule has 2 aromatic rings. The molecule has 6 heteroatoms. The number of aromatic nitrogens is 1. The predicted molar refractivity (Wildman–Crippen MR) is 72.0 cm³/mol. The lowest BCUT2D eigenvalue weighted by Crippen LogP contribution is -2.08. The first kappa shape index (κ1) is 12.5. The maximum atomic E-state index is 11.0. The van der Waals surface area contributed by atoms with Gasteiger partial charge in [-0.1, -0.05) is 6.07 Å². The highest BCUT2D eigenvalue weighted by molar-refractivity contribution is 7.07. The van der Waals surface area contributed by atoms with E-state index in [-0.39, 0.29) is 16.7 Å². The van der Waals surface area contributed by atoms with Gasteiger partial charge in [0, 0.05) is 11.4 Å². The second kappa shape index (κ2) is 5.14. The van der Waals surface area contributed by atoms with Gasteiger partial charge in [-0.3, -0.25) is 10.1 Å². The minimum absolute atomic E-state index is 0.0586. The number of aryl methyl sites for hydroxylation is 1. The molecular formula is C12H13N3O2S. The number of hydrogen-bond donors (Lipinski definition) is 1. The number of benzene rings is 1. The average molecular weight is 263 g/mol. The van der Waals surface area contributed by atoms with Crippen molar-refractivity contribution < 1.29 is 4.92 Å². The smallest absolute Gasteiger partial charge is 0.292 e. The van der Waals surface area contributed by atoms with Crippen molar-refractivity contribution in [3.63, 3.8) is 0 Å². The topological polar surface area (TPSA) is 68.1 Å². The van der Waals surface area contributed by atoms with Gasteiger partial charge in [0.1, 0.15) is 5.69 Å². The van der Waals surface area contributed by atoms with E-state index in [0.29, 0.717) is 5.69 Å². The van der Waals surface area contributed by atoms with E-state index in [1.54, 1.807) is 17.6 Å². The molecule has 18 heavy (non-hydrogen) atoms. The molecule has 0 bridgehead atoms. The third-order valence-corrected chi connectivity index (χ3v) is 3.22. The average Bonchev–Trinajstić information content (AvgIpc) is 2.81. The van der Waals surface area contributed by atoms with E-state index in [1.165, 1.54) is 17.4 Å². The van der Waals surface area contributed by atoms with Crippen molar-refractivity contribution in [3.05, 3.63) is 50.5 Å². The van der Waals surface area contributed by atoms with Crippen molar-refractivity contribution in [2.75, 3.05) is 5.32 Å². The number of nitrogens with zero attached hydrogens (tertiary/aromatic N) is 2. The Morgan fingerprint density at radius 1 is 1.50 bits per heavy atom. The van der Waals surface area contributed by atoms with E-state index >= 15 is 0 Å². The molecule has 94 valence electrons. The summed E-state index contributed by atoms with van der Waals surface area (Å²) in [7, 11) is 0. The second-order valence-corrected chi connectivity index (χ2v) is 4.78. The lowest BCUT2D eigenvalue weighted by molar-refractivity contribution is -0.384. The molecule has 0 aliphatic heterocycles. The maximum absolute atomic E-state index is 11.0. The molecule has 0 saturated heterocycles. The molecule has 2 rings (SSSR count). The summed E-state index contributed by atoms with van der Waals surface area (Å²) in [6.45, 7) is 3.84. The fourth-order valence-corrected chi connectivity index (χ4v) is 2.32. The monoisotopic (exact) mass is 263 g/mol. The van der Waals surface area contributed by atoms with E-state index in [0.717, 1.165) is 11.3 Å². The van der Waals surface area contributed by atoms with Gasteiger partial charge in [0.2, 0.25) is 0 Å². The van der Waals surface area contributed by atoms with Gasteiger partial charge < -0.3 is 5.32 Å². The van der Waals surface area contributed by atoms with Crippen molar-refractivity contribution in [1.29, 1.82) is 0 Å². The van der Waals surface area contributed by atoms with Gasteiger partial charge in [-0.05, 0) is 25.5 Å². The first-order chi connectivity index (χ1) is 8.58. The Labute approximate surface area is 109 Å². The molecule has 1 aromatic carbocycles. The Balaban J connectivity index is 2.28. The van der Waals surface area contributed by atoms with Gasteiger partial charge in [0.15, 0.2) is 0 Å². The molecule has 0 saturated carbocycles. The molecule has 1 heterocycles. The summed E-state index contributed by atoms with van der Waals surface area (Å²) < 4.78 is 0. The van der Waals surface area contributed by atoms with Crippen LogP contribution in [0, 0.1) is 17.0 Å². The van der Waals surface area contributed by atoms with Crippen LogP contribution in [-0.2, 0) is 0 Å². The zero-order valence-electron chi connectivity index (χ0n) is 10.1. The van der Waals surface area contributed by atoms with Gasteiger partial charge in [0.05, 0.1) is 22.2 Å². The molecular weight excluding hydrogens is 250 g/mol. The highest BCUT2D eigenvalue weighted by atomic mass is 32.1. The minimum Gasteiger partial charge on any atom is -0.371 e. The lowest BCUT2D eigenvalue weighted by atomic mass is 10.1. The molecule has 0 spiro atoms. The third-order valence-electron chi connectivity index (χ3n) is 2.62. The molecule has 1 atom stereocenters. The first-order valence-electron chi connectivity index (χ1n) is 5.47. The Morgan fingerprint density at radius 3 is 2.89 bits per heavy atom. The van der Waals surface area contributed by atoms with Gasteiger partial charge in [-0.25, -0.2) is 4.98 Å². The Bertz CT molecular complexity index is 554. The van der Waals surface area contributed by atoms with Crippen molar-refractivity contribution in [3.8, 4) is 0 Å². The Hall–Kier alpha value is -1.95. The van der Waals surface area contributed by atoms with Crippen molar-refractivity contribution in [2.24, 2.45) is 0 Å². The molecule has 1 N–H and O–H groups in total. The lowest BCUT2D eigenvalue weighted by Gasteiger charge is -2.13. The number of nitro benzene ring substituents is 1. The van der Waals surface area contributed by atoms with E-state index in [2.05, 4.69) is 10.3 Å². The highest BCUT2D eigenvalue weighted by Crippen LogP contribution is 2.28. The zero-order chi connectivity index (χ0) is 13.1. The summed E-state index contributed by atoms with van der Waals surface area (Å²) in [5.41, 5.74) is 4.23. The van der Waals surface area contributed by atoms with Crippen LogP contribution in [0.1, 0.15) is 24.2 Å². The van der Waals surface area contributed by atoms with E-state index in [1.807, 2.05) is 19.2 Å². The van der Waals surface area contributed by atoms with Crippen LogP contribution in [0.5, 0.6) is 0 Å². The number of nitrogens with one attached hydrogen (secondary N) is 1.